The van der Waals surface area contributed by atoms with Crippen LogP contribution < -0.4 is 5.32 Å². The summed E-state index contributed by atoms with van der Waals surface area (Å²) in [6.07, 6.45) is 2.83. The smallest absolute Gasteiger partial charge is 0.230 e. The summed E-state index contributed by atoms with van der Waals surface area (Å²) < 4.78 is 1.89. The van der Waals surface area contributed by atoms with Gasteiger partial charge in [-0.05, 0) is 12.8 Å². The third kappa shape index (κ3) is 4.76. The lowest BCUT2D eigenvalue weighted by molar-refractivity contribution is -0.123. The van der Waals surface area contributed by atoms with Gasteiger partial charge in [0.2, 0.25) is 5.91 Å². The fourth-order valence-corrected chi connectivity index (χ4v) is 2.71. The van der Waals surface area contributed by atoms with Gasteiger partial charge in [-0.3, -0.25) is 4.79 Å². The summed E-state index contributed by atoms with van der Waals surface area (Å²) in [5, 5.41) is 25.8. The van der Waals surface area contributed by atoms with Crippen molar-refractivity contribution in [3.05, 3.63) is 12.3 Å². The highest BCUT2D eigenvalue weighted by molar-refractivity contribution is 5.93. The van der Waals surface area contributed by atoms with Crippen molar-refractivity contribution in [3.63, 3.8) is 0 Å². The van der Waals surface area contributed by atoms with Gasteiger partial charge in [-0.15, -0.1) is 0 Å². The molecule has 1 aromatic heterocycles. The number of aliphatic hydroxyl groups excluding tert-OH is 2. The van der Waals surface area contributed by atoms with Gasteiger partial charge in [0.05, 0.1) is 24.9 Å². The standard InChI is InChI=1S/C16H28N4O3/c1-16(2,3)15(23)18-14-4-7-17-20(14)12-5-8-19(9-6-12)10-13(22)11-21/h4,7,12-13,21-22H,5-6,8-11H2,1-3H3,(H,18,23)/t13-/m0/s1. The molecule has 0 spiro atoms. The number of piperidine rings is 1. The fourth-order valence-electron chi connectivity index (χ4n) is 2.71. The second-order valence-electron chi connectivity index (χ2n) is 7.23. The average molecular weight is 324 g/mol. The van der Waals surface area contributed by atoms with E-state index in [1.54, 1.807) is 6.20 Å². The number of carbonyl (C=O) groups is 1. The largest absolute Gasteiger partial charge is 0.394 e. The van der Waals surface area contributed by atoms with Crippen LogP contribution in [0.5, 0.6) is 0 Å². The van der Waals surface area contributed by atoms with Gasteiger partial charge < -0.3 is 20.4 Å². The van der Waals surface area contributed by atoms with Crippen molar-refractivity contribution >= 4 is 11.7 Å². The van der Waals surface area contributed by atoms with E-state index in [1.165, 1.54) is 0 Å². The first-order chi connectivity index (χ1) is 10.8. The second kappa shape index (κ2) is 7.42. The first kappa shape index (κ1) is 17.9. The van der Waals surface area contributed by atoms with Crippen molar-refractivity contribution in [2.24, 2.45) is 5.41 Å². The Labute approximate surface area is 137 Å². The Morgan fingerprint density at radius 1 is 1.43 bits per heavy atom. The van der Waals surface area contributed by atoms with Gasteiger partial charge >= 0.3 is 0 Å². The molecule has 1 aromatic rings. The molecule has 2 heterocycles. The lowest BCUT2D eigenvalue weighted by Crippen LogP contribution is -2.40. The molecule has 1 aliphatic rings. The van der Waals surface area contributed by atoms with E-state index in [1.807, 2.05) is 31.5 Å². The number of nitrogens with zero attached hydrogens (tertiary/aromatic N) is 3. The summed E-state index contributed by atoms with van der Waals surface area (Å²) in [6.45, 7) is 7.62. The number of nitrogens with one attached hydrogen (secondary N) is 1. The number of aliphatic hydroxyl groups is 2. The first-order valence-corrected chi connectivity index (χ1v) is 8.17. The van der Waals surface area contributed by atoms with Gasteiger partial charge in [0.25, 0.3) is 0 Å². The summed E-state index contributed by atoms with van der Waals surface area (Å²) in [4.78, 5) is 14.3. The third-order valence-corrected chi connectivity index (χ3v) is 4.18. The molecule has 7 nitrogen and oxygen atoms in total. The maximum atomic E-state index is 12.2. The van der Waals surface area contributed by atoms with E-state index in [4.69, 9.17) is 5.11 Å². The molecule has 0 aliphatic carbocycles. The van der Waals surface area contributed by atoms with E-state index in [0.717, 1.165) is 31.7 Å². The molecule has 1 saturated heterocycles. The molecule has 3 N–H and O–H groups in total. The zero-order chi connectivity index (χ0) is 17.0. The lowest BCUT2D eigenvalue weighted by Gasteiger charge is -2.33. The molecule has 1 aliphatic heterocycles. The van der Waals surface area contributed by atoms with Crippen LogP contribution in [0, 0.1) is 5.41 Å². The lowest BCUT2D eigenvalue weighted by atomic mass is 9.96. The van der Waals surface area contributed by atoms with E-state index >= 15 is 0 Å². The van der Waals surface area contributed by atoms with Crippen molar-refractivity contribution in [2.75, 3.05) is 31.6 Å². The number of hydrogen-bond acceptors (Lipinski definition) is 5. The summed E-state index contributed by atoms with van der Waals surface area (Å²) in [7, 11) is 0. The number of likely N-dealkylation sites (tertiary alicyclic amines) is 1. The summed E-state index contributed by atoms with van der Waals surface area (Å²) in [6, 6.07) is 2.06. The summed E-state index contributed by atoms with van der Waals surface area (Å²) in [5.74, 6) is 0.710. The highest BCUT2D eigenvalue weighted by Crippen LogP contribution is 2.26. The Morgan fingerprint density at radius 2 is 2.09 bits per heavy atom. The Morgan fingerprint density at radius 3 is 2.65 bits per heavy atom. The third-order valence-electron chi connectivity index (χ3n) is 4.18. The molecule has 2 rings (SSSR count). The second-order valence-corrected chi connectivity index (χ2v) is 7.23. The first-order valence-electron chi connectivity index (χ1n) is 8.17. The van der Waals surface area contributed by atoms with Crippen molar-refractivity contribution in [1.82, 2.24) is 14.7 Å². The van der Waals surface area contributed by atoms with Crippen LogP contribution in [0.2, 0.25) is 0 Å². The van der Waals surface area contributed by atoms with Gasteiger partial charge in [0.1, 0.15) is 5.82 Å². The number of β-amino-alcohol motifs (C(OH)–C–C–N with tert-alkyl or cyclic N) is 1. The van der Waals surface area contributed by atoms with Gasteiger partial charge in [-0.25, -0.2) is 4.68 Å². The monoisotopic (exact) mass is 324 g/mol. The molecule has 130 valence electrons. The SMILES string of the molecule is CC(C)(C)C(=O)Nc1ccnn1C1CCN(C[C@H](O)CO)CC1. The molecule has 0 saturated carbocycles. The Balaban J connectivity index is 1.94. The molecule has 1 fully saturated rings. The van der Waals surface area contributed by atoms with Crippen LogP contribution in [0.1, 0.15) is 39.7 Å². The zero-order valence-corrected chi connectivity index (χ0v) is 14.2. The van der Waals surface area contributed by atoms with Gasteiger partial charge in [-0.1, -0.05) is 20.8 Å². The molecular formula is C16H28N4O3. The van der Waals surface area contributed by atoms with Crippen molar-refractivity contribution in [3.8, 4) is 0 Å². The minimum atomic E-state index is -0.683. The van der Waals surface area contributed by atoms with Crippen LogP contribution in [-0.2, 0) is 4.79 Å². The molecule has 1 amide bonds. The predicted molar refractivity (Wildman–Crippen MR) is 88.1 cm³/mol. The van der Waals surface area contributed by atoms with E-state index in [9.17, 15) is 9.90 Å². The minimum absolute atomic E-state index is 0.0252. The van der Waals surface area contributed by atoms with Crippen LogP contribution in [0.15, 0.2) is 12.3 Å². The van der Waals surface area contributed by atoms with E-state index in [2.05, 4.69) is 15.3 Å². The molecule has 0 aromatic carbocycles. The topological polar surface area (TPSA) is 90.6 Å². The van der Waals surface area contributed by atoms with Crippen LogP contribution in [-0.4, -0.2) is 63.1 Å². The van der Waals surface area contributed by atoms with Crippen molar-refractivity contribution < 1.29 is 15.0 Å². The van der Waals surface area contributed by atoms with Crippen LogP contribution >= 0.6 is 0 Å². The van der Waals surface area contributed by atoms with Gasteiger partial charge in [0, 0.05) is 31.1 Å². The van der Waals surface area contributed by atoms with Crippen molar-refractivity contribution in [1.29, 1.82) is 0 Å². The molecule has 0 bridgehead atoms. The highest BCUT2D eigenvalue weighted by atomic mass is 16.3. The summed E-state index contributed by atoms with van der Waals surface area (Å²) >= 11 is 0. The Kier molecular flexibility index (Phi) is 5.78. The average Bonchev–Trinajstić information content (AvgIpc) is 2.95. The fraction of sp³-hybridized carbons (Fsp3) is 0.750. The number of hydrogen-bond donors (Lipinski definition) is 3. The number of anilines is 1. The quantitative estimate of drug-likeness (QED) is 0.747. The number of amides is 1. The predicted octanol–water partition coefficient (Wildman–Crippen LogP) is 0.858. The minimum Gasteiger partial charge on any atom is -0.394 e. The Hall–Kier alpha value is -1.44. The molecule has 0 radical (unpaired) electrons. The van der Waals surface area contributed by atoms with E-state index in [-0.39, 0.29) is 18.6 Å². The van der Waals surface area contributed by atoms with Crippen molar-refractivity contribution in [2.45, 2.75) is 45.8 Å². The molecular weight excluding hydrogens is 296 g/mol. The number of aromatic nitrogens is 2. The maximum absolute atomic E-state index is 12.2. The zero-order valence-electron chi connectivity index (χ0n) is 14.2. The number of rotatable bonds is 5. The normalized spacial score (nSPS) is 18.8. The molecule has 23 heavy (non-hydrogen) atoms. The summed E-state index contributed by atoms with van der Waals surface area (Å²) in [5.41, 5.74) is -0.446. The van der Waals surface area contributed by atoms with E-state index < -0.39 is 11.5 Å². The Bertz CT molecular complexity index is 516. The maximum Gasteiger partial charge on any atom is 0.230 e. The highest BCUT2D eigenvalue weighted by Gasteiger charge is 2.26. The molecule has 0 unspecified atom stereocenters. The molecule has 1 atom stereocenters. The van der Waals surface area contributed by atoms with Gasteiger partial charge in [0.15, 0.2) is 0 Å². The van der Waals surface area contributed by atoms with Crippen LogP contribution in [0.25, 0.3) is 0 Å². The molecule has 7 heteroatoms. The van der Waals surface area contributed by atoms with E-state index in [0.29, 0.717) is 6.54 Å². The van der Waals surface area contributed by atoms with Crippen LogP contribution in [0.4, 0.5) is 5.82 Å². The van der Waals surface area contributed by atoms with Crippen LogP contribution in [0.3, 0.4) is 0 Å². The van der Waals surface area contributed by atoms with Gasteiger partial charge in [-0.2, -0.15) is 5.10 Å². The number of carbonyl (C=O) groups excluding carboxylic acids is 1.